The zero-order chi connectivity index (χ0) is 19.4. The third kappa shape index (κ3) is 7.57. The van der Waals surface area contributed by atoms with Crippen molar-refractivity contribution in [2.24, 2.45) is 22.3 Å². The predicted octanol–water partition coefficient (Wildman–Crippen LogP) is 7.96. The van der Waals surface area contributed by atoms with Gasteiger partial charge in [0, 0.05) is 5.54 Å². The molecule has 0 spiro atoms. The highest BCUT2D eigenvalue weighted by Crippen LogP contribution is 2.61. The standard InChI is InChI=1S/C23H50N2.2BrH/c1-7-13-21(14-8-2,19-20-24)22(15-9-3,16-10-4)23(25,17-11-5)18-12-6;;/h7-20,24-25H2,1-6H3;2*1H. The first-order valence-corrected chi connectivity index (χ1v) is 11.4. The molecule has 2 nitrogen and oxygen atoms in total. The largest absolute Gasteiger partial charge is 0.330 e. The Morgan fingerprint density at radius 2 is 0.852 bits per heavy atom. The van der Waals surface area contributed by atoms with Crippen LogP contribution in [0.5, 0.6) is 0 Å². The van der Waals surface area contributed by atoms with Crippen molar-refractivity contribution in [2.75, 3.05) is 6.54 Å². The number of nitrogens with two attached hydrogens (primary N) is 2. The van der Waals surface area contributed by atoms with E-state index in [0.717, 1.165) is 25.8 Å². The van der Waals surface area contributed by atoms with Gasteiger partial charge in [-0.05, 0) is 62.3 Å². The maximum absolute atomic E-state index is 7.41. The van der Waals surface area contributed by atoms with Gasteiger partial charge in [-0.15, -0.1) is 34.0 Å². The molecule has 0 aliphatic rings. The molecule has 0 fully saturated rings. The fourth-order valence-electron chi connectivity index (χ4n) is 6.36. The third-order valence-electron chi connectivity index (χ3n) is 6.79. The first-order valence-electron chi connectivity index (χ1n) is 11.4. The second kappa shape index (κ2) is 16.7. The lowest BCUT2D eigenvalue weighted by Crippen LogP contribution is -2.63. The Labute approximate surface area is 192 Å². The van der Waals surface area contributed by atoms with Crippen LogP contribution in [-0.4, -0.2) is 12.1 Å². The molecule has 0 saturated heterocycles. The Morgan fingerprint density at radius 1 is 0.519 bits per heavy atom. The van der Waals surface area contributed by atoms with Crippen molar-refractivity contribution in [3.63, 3.8) is 0 Å². The van der Waals surface area contributed by atoms with E-state index in [-0.39, 0.29) is 44.9 Å². The molecule has 0 amide bonds. The van der Waals surface area contributed by atoms with Crippen LogP contribution >= 0.6 is 34.0 Å². The first-order chi connectivity index (χ1) is 11.9. The Morgan fingerprint density at radius 3 is 1.11 bits per heavy atom. The summed E-state index contributed by atoms with van der Waals surface area (Å²) >= 11 is 0. The van der Waals surface area contributed by atoms with Crippen molar-refractivity contribution in [1.82, 2.24) is 0 Å². The van der Waals surface area contributed by atoms with Crippen LogP contribution in [0.2, 0.25) is 0 Å². The van der Waals surface area contributed by atoms with E-state index in [2.05, 4.69) is 41.5 Å². The van der Waals surface area contributed by atoms with E-state index in [9.17, 15) is 0 Å². The zero-order valence-electron chi connectivity index (χ0n) is 19.4. The van der Waals surface area contributed by atoms with Gasteiger partial charge in [0.25, 0.3) is 0 Å². The van der Waals surface area contributed by atoms with Gasteiger partial charge in [-0.1, -0.05) is 80.1 Å². The molecular weight excluding hydrogens is 464 g/mol. The van der Waals surface area contributed by atoms with Crippen molar-refractivity contribution in [3.8, 4) is 0 Å². The molecule has 0 saturated carbocycles. The maximum Gasteiger partial charge on any atom is 0.0216 e. The minimum atomic E-state index is -0.0535. The summed E-state index contributed by atoms with van der Waals surface area (Å²) in [6.07, 6.45) is 15.8. The van der Waals surface area contributed by atoms with Crippen LogP contribution in [0.25, 0.3) is 0 Å². The minimum Gasteiger partial charge on any atom is -0.330 e. The van der Waals surface area contributed by atoms with E-state index in [1.807, 2.05) is 0 Å². The summed E-state index contributed by atoms with van der Waals surface area (Å²) in [5, 5.41) is 0. The fraction of sp³-hybridized carbons (Fsp3) is 1.00. The zero-order valence-corrected chi connectivity index (χ0v) is 22.8. The molecule has 0 aromatic carbocycles. The van der Waals surface area contributed by atoms with Crippen molar-refractivity contribution in [3.05, 3.63) is 0 Å². The molecule has 0 atom stereocenters. The fourth-order valence-corrected chi connectivity index (χ4v) is 6.36. The van der Waals surface area contributed by atoms with Crippen LogP contribution in [-0.2, 0) is 0 Å². The van der Waals surface area contributed by atoms with Gasteiger partial charge in [-0.2, -0.15) is 0 Å². The van der Waals surface area contributed by atoms with Crippen molar-refractivity contribution >= 4 is 34.0 Å². The number of halogens is 2. The van der Waals surface area contributed by atoms with Gasteiger partial charge in [-0.25, -0.2) is 0 Å². The number of hydrogen-bond acceptors (Lipinski definition) is 2. The Hall–Kier alpha value is 0.880. The predicted molar refractivity (Wildman–Crippen MR) is 136 cm³/mol. The van der Waals surface area contributed by atoms with E-state index < -0.39 is 0 Å². The lowest BCUT2D eigenvalue weighted by Gasteiger charge is -2.61. The summed E-state index contributed by atoms with van der Waals surface area (Å²) in [4.78, 5) is 0. The van der Waals surface area contributed by atoms with Gasteiger partial charge in [-0.3, -0.25) is 0 Å². The van der Waals surface area contributed by atoms with Gasteiger partial charge in [0.15, 0.2) is 0 Å². The highest BCUT2D eigenvalue weighted by Gasteiger charge is 2.57. The molecule has 4 heteroatoms. The highest BCUT2D eigenvalue weighted by molar-refractivity contribution is 8.93. The molecule has 0 heterocycles. The normalized spacial score (nSPS) is 12.4. The second-order valence-electron chi connectivity index (χ2n) is 8.56. The molecule has 0 unspecified atom stereocenters. The second-order valence-corrected chi connectivity index (χ2v) is 8.56. The van der Waals surface area contributed by atoms with Crippen molar-refractivity contribution < 1.29 is 0 Å². The summed E-state index contributed by atoms with van der Waals surface area (Å²) in [5.41, 5.74) is 14.1. The molecule has 4 N–H and O–H groups in total. The van der Waals surface area contributed by atoms with Crippen LogP contribution in [0.1, 0.15) is 125 Å². The lowest BCUT2D eigenvalue weighted by atomic mass is 9.45. The Kier molecular flexibility index (Phi) is 20.1. The molecule has 0 aliphatic carbocycles. The van der Waals surface area contributed by atoms with Gasteiger partial charge < -0.3 is 11.5 Å². The van der Waals surface area contributed by atoms with E-state index >= 15 is 0 Å². The molecule has 168 valence electrons. The van der Waals surface area contributed by atoms with Crippen LogP contribution < -0.4 is 11.5 Å². The third-order valence-corrected chi connectivity index (χ3v) is 6.79. The molecule has 0 radical (unpaired) electrons. The van der Waals surface area contributed by atoms with Gasteiger partial charge in [0.1, 0.15) is 0 Å². The molecule has 0 aliphatic heterocycles. The smallest absolute Gasteiger partial charge is 0.0216 e. The summed E-state index contributed by atoms with van der Waals surface area (Å²) in [6, 6.07) is 0. The topological polar surface area (TPSA) is 52.0 Å². The molecule has 27 heavy (non-hydrogen) atoms. The molecule has 0 rings (SSSR count). The van der Waals surface area contributed by atoms with E-state index in [1.54, 1.807) is 0 Å². The molecule has 0 aromatic heterocycles. The lowest BCUT2D eigenvalue weighted by molar-refractivity contribution is -0.0834. The average molecular weight is 516 g/mol. The summed E-state index contributed by atoms with van der Waals surface area (Å²) < 4.78 is 0. The van der Waals surface area contributed by atoms with E-state index in [0.29, 0.717) is 5.41 Å². The number of hydrogen-bond donors (Lipinski definition) is 2. The SMILES string of the molecule is Br.Br.CCCC(N)(CCC)C(CCC)(CCC)C(CCC)(CCC)CCN. The molecule has 0 bridgehead atoms. The molecule has 0 aromatic rings. The molecular formula is C23H52Br2N2. The monoisotopic (exact) mass is 514 g/mol. The number of rotatable bonds is 16. The van der Waals surface area contributed by atoms with Crippen LogP contribution in [0.15, 0.2) is 0 Å². The van der Waals surface area contributed by atoms with Crippen molar-refractivity contribution in [1.29, 1.82) is 0 Å². The Bertz CT molecular complexity index is 305. The summed E-state index contributed by atoms with van der Waals surface area (Å²) in [6.45, 7) is 14.8. The van der Waals surface area contributed by atoms with Gasteiger partial charge >= 0.3 is 0 Å². The van der Waals surface area contributed by atoms with Crippen LogP contribution in [0.3, 0.4) is 0 Å². The first kappa shape index (κ1) is 32.5. The van der Waals surface area contributed by atoms with Crippen molar-refractivity contribution in [2.45, 2.75) is 131 Å². The minimum absolute atomic E-state index is 0. The van der Waals surface area contributed by atoms with Crippen LogP contribution in [0, 0.1) is 10.8 Å². The Balaban J connectivity index is -0.00000288. The summed E-state index contributed by atoms with van der Waals surface area (Å²) in [7, 11) is 0. The van der Waals surface area contributed by atoms with E-state index in [4.69, 9.17) is 11.5 Å². The van der Waals surface area contributed by atoms with Gasteiger partial charge in [0.05, 0.1) is 0 Å². The quantitative estimate of drug-likeness (QED) is 0.219. The maximum atomic E-state index is 7.41. The van der Waals surface area contributed by atoms with E-state index in [1.165, 1.54) is 64.2 Å². The average Bonchev–Trinajstić information content (AvgIpc) is 2.55. The van der Waals surface area contributed by atoms with Crippen LogP contribution in [0.4, 0.5) is 0 Å². The highest BCUT2D eigenvalue weighted by atomic mass is 79.9. The summed E-state index contributed by atoms with van der Waals surface area (Å²) in [5.74, 6) is 0. The van der Waals surface area contributed by atoms with Gasteiger partial charge in [0.2, 0.25) is 0 Å².